The topological polar surface area (TPSA) is 75.3 Å². The predicted molar refractivity (Wildman–Crippen MR) is 102 cm³/mol. The molecule has 1 amide bonds. The van der Waals surface area contributed by atoms with E-state index in [-0.39, 0.29) is 24.5 Å². The van der Waals surface area contributed by atoms with E-state index in [9.17, 15) is 9.59 Å². The zero-order valence-electron chi connectivity index (χ0n) is 15.6. The second kappa shape index (κ2) is 8.49. The van der Waals surface area contributed by atoms with Gasteiger partial charge in [-0.1, -0.05) is 13.0 Å². The zero-order chi connectivity index (χ0) is 19.4. The number of amides is 1. The van der Waals surface area contributed by atoms with Gasteiger partial charge < -0.3 is 9.15 Å². The summed E-state index contributed by atoms with van der Waals surface area (Å²) in [6, 6.07) is 6.99. The molecule has 144 valence electrons. The van der Waals surface area contributed by atoms with Crippen LogP contribution in [0.1, 0.15) is 36.4 Å². The van der Waals surface area contributed by atoms with Crippen LogP contribution < -0.4 is 0 Å². The highest BCUT2D eigenvalue weighted by molar-refractivity contribution is 7.10. The number of thiophene rings is 1. The van der Waals surface area contributed by atoms with Crippen molar-refractivity contribution >= 4 is 28.9 Å². The molecule has 27 heavy (non-hydrogen) atoms. The Kier molecular flexibility index (Phi) is 6.08. The number of hydrogen-bond donors (Lipinski definition) is 0. The predicted octanol–water partition coefficient (Wildman–Crippen LogP) is 2.90. The highest BCUT2D eigenvalue weighted by atomic mass is 32.1. The second-order valence-electron chi connectivity index (χ2n) is 6.36. The smallest absolute Gasteiger partial charge is 0.323 e. The van der Waals surface area contributed by atoms with Gasteiger partial charge in [-0.2, -0.15) is 5.10 Å². The number of likely N-dealkylation sites (N-methyl/N-ethyl adjacent to an activating group) is 1. The quantitative estimate of drug-likeness (QED) is 0.681. The van der Waals surface area contributed by atoms with Crippen LogP contribution in [0.5, 0.6) is 0 Å². The summed E-state index contributed by atoms with van der Waals surface area (Å²) in [5.41, 5.74) is 0.745. The molecule has 7 nitrogen and oxygen atoms in total. The summed E-state index contributed by atoms with van der Waals surface area (Å²) in [6.07, 6.45) is 2.75. The number of hydrazone groups is 1. The van der Waals surface area contributed by atoms with Crippen molar-refractivity contribution in [1.82, 2.24) is 9.91 Å². The molecule has 2 atom stereocenters. The number of methoxy groups -OCH3 is 1. The van der Waals surface area contributed by atoms with Gasteiger partial charge in [0.2, 0.25) is 0 Å². The number of carbonyl (C=O) groups is 2. The first-order chi connectivity index (χ1) is 13.0. The van der Waals surface area contributed by atoms with Crippen LogP contribution in [-0.4, -0.2) is 54.2 Å². The second-order valence-corrected chi connectivity index (χ2v) is 7.34. The van der Waals surface area contributed by atoms with Crippen molar-refractivity contribution in [2.24, 2.45) is 5.10 Å². The highest BCUT2D eigenvalue weighted by Crippen LogP contribution is 2.35. The molecule has 0 fully saturated rings. The number of hydrogen-bond acceptors (Lipinski definition) is 7. The van der Waals surface area contributed by atoms with E-state index in [2.05, 4.69) is 5.10 Å². The third-order valence-electron chi connectivity index (χ3n) is 4.62. The maximum atomic E-state index is 13.0. The Labute approximate surface area is 162 Å². The molecule has 0 saturated heterocycles. The Balaban J connectivity index is 1.80. The number of ether oxygens (including phenoxy) is 1. The highest BCUT2D eigenvalue weighted by Gasteiger charge is 2.36. The third-order valence-corrected chi connectivity index (χ3v) is 5.59. The normalized spacial score (nSPS) is 17.9. The summed E-state index contributed by atoms with van der Waals surface area (Å²) in [4.78, 5) is 27.7. The maximum absolute atomic E-state index is 13.0. The Bertz CT molecular complexity index is 801. The molecule has 2 aromatic rings. The molecule has 0 aliphatic carbocycles. The lowest BCUT2D eigenvalue weighted by Crippen LogP contribution is -2.44. The van der Waals surface area contributed by atoms with Gasteiger partial charge in [0, 0.05) is 11.3 Å². The molecule has 2 aromatic heterocycles. The third kappa shape index (κ3) is 4.12. The van der Waals surface area contributed by atoms with E-state index in [0.717, 1.165) is 10.6 Å². The lowest BCUT2D eigenvalue weighted by atomic mass is 10.1. The molecular weight excluding hydrogens is 366 g/mol. The summed E-state index contributed by atoms with van der Waals surface area (Å²) in [6.45, 7) is 1.96. The van der Waals surface area contributed by atoms with Crippen LogP contribution in [0.2, 0.25) is 0 Å². The van der Waals surface area contributed by atoms with Crippen molar-refractivity contribution in [2.45, 2.75) is 31.8 Å². The monoisotopic (exact) mass is 389 g/mol. The van der Waals surface area contributed by atoms with Crippen molar-refractivity contribution in [3.05, 3.63) is 46.5 Å². The number of esters is 1. The summed E-state index contributed by atoms with van der Waals surface area (Å²) in [7, 11) is 3.10. The fourth-order valence-electron chi connectivity index (χ4n) is 3.22. The van der Waals surface area contributed by atoms with Crippen molar-refractivity contribution in [3.8, 4) is 0 Å². The molecule has 0 radical (unpaired) electrons. The Hall–Kier alpha value is -2.45. The summed E-state index contributed by atoms with van der Waals surface area (Å²) < 4.78 is 10.3. The van der Waals surface area contributed by atoms with Gasteiger partial charge in [0.15, 0.2) is 0 Å². The SMILES string of the molecule is CC[C@H](C(=O)OC)N(C)CC(=O)N1N=C(c2ccco2)C[C@@H]1c1cccs1. The van der Waals surface area contributed by atoms with E-state index in [4.69, 9.17) is 9.15 Å². The van der Waals surface area contributed by atoms with Crippen LogP contribution in [0.3, 0.4) is 0 Å². The number of nitrogens with zero attached hydrogens (tertiary/aromatic N) is 3. The van der Waals surface area contributed by atoms with Crippen molar-refractivity contribution in [3.63, 3.8) is 0 Å². The molecule has 0 spiro atoms. The first-order valence-corrected chi connectivity index (χ1v) is 9.68. The molecule has 3 rings (SSSR count). The fourth-order valence-corrected chi connectivity index (χ4v) is 4.04. The van der Waals surface area contributed by atoms with Crippen LogP contribution in [0.4, 0.5) is 0 Å². The summed E-state index contributed by atoms with van der Waals surface area (Å²) in [5.74, 6) is 0.157. The largest absolute Gasteiger partial charge is 0.468 e. The van der Waals surface area contributed by atoms with Crippen LogP contribution >= 0.6 is 11.3 Å². The van der Waals surface area contributed by atoms with Gasteiger partial charge in [0.1, 0.15) is 17.5 Å². The van der Waals surface area contributed by atoms with Crippen LogP contribution in [0, 0.1) is 0 Å². The van der Waals surface area contributed by atoms with E-state index in [1.807, 2.05) is 30.5 Å². The molecule has 3 heterocycles. The Morgan fingerprint density at radius 2 is 2.26 bits per heavy atom. The lowest BCUT2D eigenvalue weighted by Gasteiger charge is -2.27. The summed E-state index contributed by atoms with van der Waals surface area (Å²) in [5, 5.41) is 8.05. The standard InChI is InChI=1S/C19H23N3O4S/c1-4-14(19(24)25-3)21(2)12-18(23)22-15(17-8-6-10-27-17)11-13(20-22)16-7-5-9-26-16/h5-10,14-15H,4,11-12H2,1-3H3/t14-,15-/m1/s1. The molecule has 0 bridgehead atoms. The van der Waals surface area contributed by atoms with Gasteiger partial charge in [0.05, 0.1) is 26.0 Å². The van der Waals surface area contributed by atoms with Crippen LogP contribution in [-0.2, 0) is 14.3 Å². The molecule has 0 saturated carbocycles. The minimum absolute atomic E-state index is 0.0738. The summed E-state index contributed by atoms with van der Waals surface area (Å²) >= 11 is 1.59. The number of furan rings is 1. The Morgan fingerprint density at radius 1 is 1.44 bits per heavy atom. The van der Waals surface area contributed by atoms with Crippen molar-refractivity contribution in [2.75, 3.05) is 20.7 Å². The van der Waals surface area contributed by atoms with Gasteiger partial charge in [0.25, 0.3) is 5.91 Å². The van der Waals surface area contributed by atoms with E-state index in [0.29, 0.717) is 18.6 Å². The lowest BCUT2D eigenvalue weighted by molar-refractivity contribution is -0.147. The number of carbonyl (C=O) groups excluding carboxylic acids is 2. The van der Waals surface area contributed by atoms with Gasteiger partial charge in [-0.25, -0.2) is 5.01 Å². The first kappa shape index (κ1) is 19.3. The molecule has 1 aliphatic heterocycles. The average molecular weight is 389 g/mol. The fraction of sp³-hybridized carbons (Fsp3) is 0.421. The van der Waals surface area contributed by atoms with Gasteiger partial charge in [-0.15, -0.1) is 11.3 Å². The van der Waals surface area contributed by atoms with Gasteiger partial charge in [-0.05, 0) is 37.0 Å². The average Bonchev–Trinajstić information content (AvgIpc) is 3.41. The van der Waals surface area contributed by atoms with E-state index >= 15 is 0 Å². The van der Waals surface area contributed by atoms with Gasteiger partial charge >= 0.3 is 5.97 Å². The molecule has 8 heteroatoms. The van der Waals surface area contributed by atoms with Crippen molar-refractivity contribution in [1.29, 1.82) is 0 Å². The van der Waals surface area contributed by atoms with Crippen LogP contribution in [0.25, 0.3) is 0 Å². The van der Waals surface area contributed by atoms with E-state index in [1.54, 1.807) is 35.6 Å². The molecular formula is C19H23N3O4S. The van der Waals surface area contributed by atoms with E-state index in [1.165, 1.54) is 12.1 Å². The number of rotatable bonds is 7. The molecule has 1 aliphatic rings. The molecule has 0 N–H and O–H groups in total. The minimum Gasteiger partial charge on any atom is -0.468 e. The Morgan fingerprint density at radius 3 is 2.85 bits per heavy atom. The zero-order valence-corrected chi connectivity index (χ0v) is 16.4. The maximum Gasteiger partial charge on any atom is 0.323 e. The molecule has 0 aromatic carbocycles. The minimum atomic E-state index is -0.463. The molecule has 0 unspecified atom stereocenters. The first-order valence-electron chi connectivity index (χ1n) is 8.80. The van der Waals surface area contributed by atoms with E-state index < -0.39 is 6.04 Å². The van der Waals surface area contributed by atoms with Crippen LogP contribution in [0.15, 0.2) is 45.4 Å². The van der Waals surface area contributed by atoms with Crippen molar-refractivity contribution < 1.29 is 18.7 Å². The van der Waals surface area contributed by atoms with Gasteiger partial charge in [-0.3, -0.25) is 14.5 Å².